The van der Waals surface area contributed by atoms with E-state index in [4.69, 9.17) is 5.11 Å². The fourth-order valence-corrected chi connectivity index (χ4v) is 3.62. The first-order valence-corrected chi connectivity index (χ1v) is 8.61. The molecule has 2 aromatic carbocycles. The lowest BCUT2D eigenvalue weighted by molar-refractivity contribution is -0.146. The van der Waals surface area contributed by atoms with Gasteiger partial charge in [0.15, 0.2) is 5.54 Å². The van der Waals surface area contributed by atoms with Gasteiger partial charge in [0.25, 0.3) is 5.91 Å². The average molecular weight is 363 g/mol. The summed E-state index contributed by atoms with van der Waals surface area (Å²) in [6.45, 7) is 0. The van der Waals surface area contributed by atoms with Gasteiger partial charge in [-0.1, -0.05) is 48.5 Å². The predicted molar refractivity (Wildman–Crippen MR) is 98.1 cm³/mol. The summed E-state index contributed by atoms with van der Waals surface area (Å²) in [5.74, 6) is -1.89. The molecule has 1 unspecified atom stereocenters. The monoisotopic (exact) mass is 363 g/mol. The minimum absolute atomic E-state index is 0.224. The first-order chi connectivity index (χ1) is 13.0. The average Bonchev–Trinajstić information content (AvgIpc) is 3.21. The zero-order valence-corrected chi connectivity index (χ0v) is 14.4. The van der Waals surface area contributed by atoms with E-state index in [9.17, 15) is 14.4 Å². The molecule has 2 heterocycles. The van der Waals surface area contributed by atoms with Crippen molar-refractivity contribution in [3.05, 3.63) is 65.7 Å². The molecule has 0 saturated carbocycles. The number of aliphatic carboxylic acids is 1. The number of fused-ring (bicyclic) bond motifs is 2. The van der Waals surface area contributed by atoms with Gasteiger partial charge in [-0.2, -0.15) is 5.10 Å². The molecule has 1 atom stereocenters. The number of anilines is 1. The van der Waals surface area contributed by atoms with Gasteiger partial charge in [-0.25, -0.2) is 5.01 Å². The highest BCUT2D eigenvalue weighted by atomic mass is 16.4. The minimum Gasteiger partial charge on any atom is -0.481 e. The normalized spacial score (nSPS) is 20.4. The molecule has 0 bridgehead atoms. The molecule has 0 radical (unpaired) electrons. The Bertz CT molecular complexity index is 970. The second-order valence-corrected chi connectivity index (χ2v) is 6.55. The Hall–Kier alpha value is -3.48. The summed E-state index contributed by atoms with van der Waals surface area (Å²) >= 11 is 0. The van der Waals surface area contributed by atoms with Crippen LogP contribution < -0.4 is 5.32 Å². The highest BCUT2D eigenvalue weighted by Gasteiger charge is 2.57. The van der Waals surface area contributed by atoms with Crippen LogP contribution in [0.4, 0.5) is 5.69 Å². The fourth-order valence-electron chi connectivity index (χ4n) is 3.62. The molecular formula is C20H17N3O4. The minimum atomic E-state index is -1.28. The molecule has 4 rings (SSSR count). The number of carboxylic acids is 1. The number of carbonyl (C=O) groups is 3. The second-order valence-electron chi connectivity index (χ2n) is 6.55. The molecule has 1 spiro atoms. The highest BCUT2D eigenvalue weighted by molar-refractivity contribution is 6.15. The lowest BCUT2D eigenvalue weighted by Crippen LogP contribution is -2.48. The molecule has 0 saturated heterocycles. The van der Waals surface area contributed by atoms with Crippen molar-refractivity contribution < 1.29 is 19.5 Å². The summed E-state index contributed by atoms with van der Waals surface area (Å²) in [6, 6.07) is 16.5. The van der Waals surface area contributed by atoms with Gasteiger partial charge in [-0.3, -0.25) is 14.4 Å². The van der Waals surface area contributed by atoms with Crippen LogP contribution >= 0.6 is 0 Å². The van der Waals surface area contributed by atoms with E-state index in [0.29, 0.717) is 17.0 Å². The van der Waals surface area contributed by atoms with Gasteiger partial charge in [0.2, 0.25) is 5.91 Å². The second kappa shape index (κ2) is 6.35. The van der Waals surface area contributed by atoms with E-state index >= 15 is 0 Å². The molecular weight excluding hydrogens is 346 g/mol. The first kappa shape index (κ1) is 17.0. The summed E-state index contributed by atoms with van der Waals surface area (Å²) in [6.07, 6.45) is -0.304. The van der Waals surface area contributed by atoms with E-state index in [1.54, 1.807) is 18.2 Å². The van der Waals surface area contributed by atoms with Gasteiger partial charge >= 0.3 is 5.97 Å². The molecule has 7 nitrogen and oxygen atoms in total. The van der Waals surface area contributed by atoms with Crippen LogP contribution in [0.15, 0.2) is 59.7 Å². The largest absolute Gasteiger partial charge is 0.481 e. The van der Waals surface area contributed by atoms with Crippen LogP contribution in [-0.2, 0) is 19.9 Å². The van der Waals surface area contributed by atoms with Crippen molar-refractivity contribution >= 4 is 29.2 Å². The summed E-state index contributed by atoms with van der Waals surface area (Å²) in [5, 5.41) is 17.4. The quantitative estimate of drug-likeness (QED) is 0.871. The maximum Gasteiger partial charge on any atom is 0.303 e. The number of benzene rings is 2. The Labute approximate surface area is 155 Å². The number of para-hydroxylation sites is 1. The third kappa shape index (κ3) is 2.68. The van der Waals surface area contributed by atoms with Crippen LogP contribution in [0.5, 0.6) is 0 Å². The van der Waals surface area contributed by atoms with E-state index in [2.05, 4.69) is 10.4 Å². The fraction of sp³-hybridized carbons (Fsp3) is 0.200. The van der Waals surface area contributed by atoms with E-state index in [-0.39, 0.29) is 25.2 Å². The number of carbonyl (C=O) groups excluding carboxylic acids is 2. The highest BCUT2D eigenvalue weighted by Crippen LogP contribution is 2.47. The molecule has 27 heavy (non-hydrogen) atoms. The van der Waals surface area contributed by atoms with Crippen LogP contribution in [0.25, 0.3) is 0 Å². The Morgan fingerprint density at radius 3 is 2.52 bits per heavy atom. The third-order valence-corrected chi connectivity index (χ3v) is 4.90. The molecule has 2 aromatic rings. The van der Waals surface area contributed by atoms with Gasteiger partial charge in [0.05, 0.1) is 12.1 Å². The number of amides is 2. The summed E-state index contributed by atoms with van der Waals surface area (Å²) in [5.41, 5.74) is 1.47. The van der Waals surface area contributed by atoms with Crippen LogP contribution in [-0.4, -0.2) is 33.6 Å². The van der Waals surface area contributed by atoms with E-state index < -0.39 is 17.4 Å². The molecule has 2 amide bonds. The van der Waals surface area contributed by atoms with Crippen LogP contribution in [0.2, 0.25) is 0 Å². The van der Waals surface area contributed by atoms with Gasteiger partial charge in [-0.15, -0.1) is 0 Å². The maximum absolute atomic E-state index is 13.0. The van der Waals surface area contributed by atoms with Crippen molar-refractivity contribution in [1.29, 1.82) is 0 Å². The number of nitrogens with one attached hydrogen (secondary N) is 1. The Kier molecular flexibility index (Phi) is 3.99. The lowest BCUT2D eigenvalue weighted by atomic mass is 9.85. The smallest absolute Gasteiger partial charge is 0.303 e. The van der Waals surface area contributed by atoms with E-state index in [0.717, 1.165) is 5.56 Å². The van der Waals surface area contributed by atoms with E-state index in [1.807, 2.05) is 36.4 Å². The first-order valence-electron chi connectivity index (χ1n) is 8.61. The molecule has 136 valence electrons. The van der Waals surface area contributed by atoms with Gasteiger partial charge < -0.3 is 10.4 Å². The van der Waals surface area contributed by atoms with E-state index in [1.165, 1.54) is 5.01 Å². The maximum atomic E-state index is 13.0. The van der Waals surface area contributed by atoms with Gasteiger partial charge in [0.1, 0.15) is 0 Å². The van der Waals surface area contributed by atoms with Crippen molar-refractivity contribution in [2.24, 2.45) is 5.10 Å². The zero-order chi connectivity index (χ0) is 19.0. The molecule has 7 heteroatoms. The Morgan fingerprint density at radius 1 is 1.07 bits per heavy atom. The lowest BCUT2D eigenvalue weighted by Gasteiger charge is -2.30. The van der Waals surface area contributed by atoms with Crippen molar-refractivity contribution in [1.82, 2.24) is 5.01 Å². The number of hydrogen-bond acceptors (Lipinski definition) is 4. The summed E-state index contributed by atoms with van der Waals surface area (Å²) < 4.78 is 0. The molecule has 0 aliphatic carbocycles. The summed E-state index contributed by atoms with van der Waals surface area (Å²) in [7, 11) is 0. The number of carboxylic acid groups (broad SMARTS) is 1. The number of hydrazone groups is 1. The number of nitrogens with zero attached hydrogens (tertiary/aromatic N) is 2. The number of rotatable bonds is 4. The SMILES string of the molecule is O=C(O)CCC(=O)N1N=C(c2ccccc2)CC12C(=O)Nc1ccccc12. The Balaban J connectivity index is 1.80. The standard InChI is InChI=1S/C20H17N3O4/c24-17(10-11-18(25)26)23-20(12-16(22-23)13-6-2-1-3-7-13)14-8-4-5-9-15(14)21-19(20)27/h1-9H,10-12H2,(H,21,27)(H,25,26). The van der Waals surface area contributed by atoms with Crippen molar-refractivity contribution in [2.45, 2.75) is 24.8 Å². The van der Waals surface area contributed by atoms with Gasteiger partial charge in [0, 0.05) is 24.1 Å². The third-order valence-electron chi connectivity index (χ3n) is 4.90. The molecule has 2 aliphatic rings. The molecule has 2 aliphatic heterocycles. The Morgan fingerprint density at radius 2 is 1.78 bits per heavy atom. The predicted octanol–water partition coefficient (Wildman–Crippen LogP) is 2.34. The summed E-state index contributed by atoms with van der Waals surface area (Å²) in [4.78, 5) is 36.7. The molecule has 0 aromatic heterocycles. The van der Waals surface area contributed by atoms with Crippen molar-refractivity contribution in [2.75, 3.05) is 5.32 Å². The van der Waals surface area contributed by atoms with Crippen LogP contribution in [0.1, 0.15) is 30.4 Å². The number of hydrogen-bond donors (Lipinski definition) is 2. The molecule has 0 fully saturated rings. The topological polar surface area (TPSA) is 99.1 Å². The van der Waals surface area contributed by atoms with Crippen LogP contribution in [0.3, 0.4) is 0 Å². The molecule has 2 N–H and O–H groups in total. The zero-order valence-electron chi connectivity index (χ0n) is 14.4. The van der Waals surface area contributed by atoms with Crippen molar-refractivity contribution in [3.8, 4) is 0 Å². The van der Waals surface area contributed by atoms with Crippen LogP contribution in [0, 0.1) is 0 Å². The van der Waals surface area contributed by atoms with Crippen molar-refractivity contribution in [3.63, 3.8) is 0 Å². The van der Waals surface area contributed by atoms with Gasteiger partial charge in [-0.05, 0) is 11.6 Å².